The molecule has 1 aromatic heterocycles. The van der Waals surface area contributed by atoms with Crippen LogP contribution in [0, 0.1) is 0 Å². The summed E-state index contributed by atoms with van der Waals surface area (Å²) in [6, 6.07) is 11.6. The molecule has 0 radical (unpaired) electrons. The molecule has 1 heterocycles. The molecular formula is C18H20N2O4S2. The van der Waals surface area contributed by atoms with E-state index in [1.165, 1.54) is 6.07 Å². The Morgan fingerprint density at radius 3 is 2.65 bits per heavy atom. The molecule has 0 saturated carbocycles. The Labute approximate surface area is 156 Å². The lowest BCUT2D eigenvalue weighted by molar-refractivity contribution is 0.405. The first kappa shape index (κ1) is 18.6. The zero-order valence-corrected chi connectivity index (χ0v) is 16.4. The van der Waals surface area contributed by atoms with Crippen molar-refractivity contribution in [3.05, 3.63) is 57.7 Å². The van der Waals surface area contributed by atoms with Gasteiger partial charge < -0.3 is 4.74 Å². The minimum atomic E-state index is -3.74. The SMILES string of the molecule is CCn1c(=O)sc2cc(S(=O)(=O)NC(C)c3ccccc3OC)ccc21. The number of sulfonamides is 1. The standard InChI is InChI=1S/C18H20N2O4S2/c1-4-20-15-10-9-13(11-17(15)25-18(20)21)26(22,23)19-12(2)14-7-5-6-8-16(14)24-3/h5-12,19H,4H2,1-3H3. The van der Waals surface area contributed by atoms with Crippen LogP contribution in [-0.2, 0) is 16.6 Å². The summed E-state index contributed by atoms with van der Waals surface area (Å²) in [5, 5.41) is 0. The van der Waals surface area contributed by atoms with Gasteiger partial charge in [-0.15, -0.1) is 0 Å². The van der Waals surface area contributed by atoms with Gasteiger partial charge in [-0.1, -0.05) is 29.5 Å². The van der Waals surface area contributed by atoms with Crippen molar-refractivity contribution in [1.82, 2.24) is 9.29 Å². The number of fused-ring (bicyclic) bond motifs is 1. The van der Waals surface area contributed by atoms with Crippen LogP contribution in [0.15, 0.2) is 52.2 Å². The molecule has 0 spiro atoms. The first-order valence-electron chi connectivity index (χ1n) is 8.16. The molecule has 0 saturated heterocycles. The predicted octanol–water partition coefficient (Wildman–Crippen LogP) is 3.13. The van der Waals surface area contributed by atoms with Gasteiger partial charge in [-0.05, 0) is 38.1 Å². The molecule has 3 rings (SSSR count). The van der Waals surface area contributed by atoms with Crippen LogP contribution in [0.4, 0.5) is 0 Å². The highest BCUT2D eigenvalue weighted by Gasteiger charge is 2.21. The topological polar surface area (TPSA) is 77.4 Å². The summed E-state index contributed by atoms with van der Waals surface area (Å²) >= 11 is 1.05. The Hall–Kier alpha value is -2.16. The maximum absolute atomic E-state index is 12.8. The van der Waals surface area contributed by atoms with E-state index in [-0.39, 0.29) is 9.77 Å². The number of methoxy groups -OCH3 is 1. The first-order valence-corrected chi connectivity index (χ1v) is 10.5. The fourth-order valence-electron chi connectivity index (χ4n) is 2.90. The molecule has 2 aromatic carbocycles. The second-order valence-corrected chi connectivity index (χ2v) is 8.53. The molecule has 0 amide bonds. The Kier molecular flexibility index (Phi) is 5.17. The van der Waals surface area contributed by atoms with Crippen LogP contribution < -0.4 is 14.3 Å². The normalized spacial score (nSPS) is 13.0. The van der Waals surface area contributed by atoms with Crippen molar-refractivity contribution >= 4 is 31.6 Å². The highest BCUT2D eigenvalue weighted by Crippen LogP contribution is 2.27. The van der Waals surface area contributed by atoms with Crippen molar-refractivity contribution in [2.75, 3.05) is 7.11 Å². The Bertz CT molecular complexity index is 1100. The average Bonchev–Trinajstić information content (AvgIpc) is 2.95. The van der Waals surface area contributed by atoms with E-state index >= 15 is 0 Å². The number of nitrogens with zero attached hydrogens (tertiary/aromatic N) is 1. The van der Waals surface area contributed by atoms with E-state index in [1.807, 2.05) is 25.1 Å². The van der Waals surface area contributed by atoms with Gasteiger partial charge in [-0.25, -0.2) is 13.1 Å². The van der Waals surface area contributed by atoms with Gasteiger partial charge in [-0.3, -0.25) is 9.36 Å². The second kappa shape index (κ2) is 7.22. The van der Waals surface area contributed by atoms with E-state index in [9.17, 15) is 13.2 Å². The number of hydrogen-bond acceptors (Lipinski definition) is 5. The van der Waals surface area contributed by atoms with E-state index < -0.39 is 16.1 Å². The van der Waals surface area contributed by atoms with Crippen molar-refractivity contribution in [2.24, 2.45) is 0 Å². The van der Waals surface area contributed by atoms with E-state index in [0.717, 1.165) is 22.4 Å². The zero-order chi connectivity index (χ0) is 18.9. The number of benzene rings is 2. The third-order valence-electron chi connectivity index (χ3n) is 4.20. The number of rotatable bonds is 6. The van der Waals surface area contributed by atoms with Gasteiger partial charge >= 0.3 is 4.87 Å². The van der Waals surface area contributed by atoms with Crippen LogP contribution in [0.25, 0.3) is 10.2 Å². The summed E-state index contributed by atoms with van der Waals surface area (Å²) in [6.07, 6.45) is 0. The van der Waals surface area contributed by atoms with Gasteiger partial charge in [0.2, 0.25) is 10.0 Å². The molecule has 3 aromatic rings. The smallest absolute Gasteiger partial charge is 0.308 e. The van der Waals surface area contributed by atoms with Crippen LogP contribution in [0.5, 0.6) is 5.75 Å². The van der Waals surface area contributed by atoms with Crippen molar-refractivity contribution in [3.8, 4) is 5.75 Å². The highest BCUT2D eigenvalue weighted by atomic mass is 32.2. The van der Waals surface area contributed by atoms with E-state index in [1.54, 1.807) is 36.8 Å². The van der Waals surface area contributed by atoms with Gasteiger partial charge in [0.05, 0.1) is 22.2 Å². The minimum Gasteiger partial charge on any atom is -0.496 e. The summed E-state index contributed by atoms with van der Waals surface area (Å²) in [5.74, 6) is 0.622. The maximum atomic E-state index is 12.8. The van der Waals surface area contributed by atoms with Gasteiger partial charge in [-0.2, -0.15) is 0 Å². The Morgan fingerprint density at radius 2 is 1.96 bits per heavy atom. The Balaban J connectivity index is 1.95. The number of ether oxygens (including phenoxy) is 1. The molecule has 0 aliphatic rings. The molecule has 0 aliphatic carbocycles. The molecule has 1 unspecified atom stereocenters. The minimum absolute atomic E-state index is 0.0904. The molecule has 0 aliphatic heterocycles. The lowest BCUT2D eigenvalue weighted by Crippen LogP contribution is -2.27. The summed E-state index contributed by atoms with van der Waals surface area (Å²) in [5.41, 5.74) is 1.50. The number of nitrogens with one attached hydrogen (secondary N) is 1. The summed E-state index contributed by atoms with van der Waals surface area (Å²) in [4.78, 5) is 12.0. The summed E-state index contributed by atoms with van der Waals surface area (Å²) in [6.45, 7) is 4.20. The molecule has 0 bridgehead atoms. The fourth-order valence-corrected chi connectivity index (χ4v) is 5.22. The van der Waals surface area contributed by atoms with Crippen molar-refractivity contribution < 1.29 is 13.2 Å². The van der Waals surface area contributed by atoms with Crippen LogP contribution in [-0.4, -0.2) is 20.1 Å². The lowest BCUT2D eigenvalue weighted by Gasteiger charge is -2.17. The molecule has 26 heavy (non-hydrogen) atoms. The number of hydrogen-bond donors (Lipinski definition) is 1. The van der Waals surface area contributed by atoms with E-state index in [0.29, 0.717) is 17.0 Å². The molecule has 1 N–H and O–H groups in total. The van der Waals surface area contributed by atoms with E-state index in [2.05, 4.69) is 4.72 Å². The molecular weight excluding hydrogens is 372 g/mol. The third-order valence-corrected chi connectivity index (χ3v) is 6.68. The number of aryl methyl sites for hydroxylation is 1. The zero-order valence-electron chi connectivity index (χ0n) is 14.7. The maximum Gasteiger partial charge on any atom is 0.308 e. The van der Waals surface area contributed by atoms with Crippen molar-refractivity contribution in [1.29, 1.82) is 0 Å². The van der Waals surface area contributed by atoms with Gasteiger partial charge in [0, 0.05) is 18.2 Å². The number of aromatic nitrogens is 1. The third kappa shape index (κ3) is 3.40. The van der Waals surface area contributed by atoms with Crippen LogP contribution in [0.1, 0.15) is 25.5 Å². The molecule has 8 heteroatoms. The highest BCUT2D eigenvalue weighted by molar-refractivity contribution is 7.89. The predicted molar refractivity (Wildman–Crippen MR) is 103 cm³/mol. The van der Waals surface area contributed by atoms with E-state index in [4.69, 9.17) is 4.74 Å². The second-order valence-electron chi connectivity index (χ2n) is 5.83. The quantitative estimate of drug-likeness (QED) is 0.699. The number of thiazole rings is 1. The van der Waals surface area contributed by atoms with Crippen LogP contribution >= 0.6 is 11.3 Å². The fraction of sp³-hybridized carbons (Fsp3) is 0.278. The van der Waals surface area contributed by atoms with Gasteiger partial charge in [0.15, 0.2) is 0 Å². The van der Waals surface area contributed by atoms with Gasteiger partial charge in [0.25, 0.3) is 0 Å². The summed E-state index contributed by atoms with van der Waals surface area (Å²) in [7, 11) is -2.19. The Morgan fingerprint density at radius 1 is 1.23 bits per heavy atom. The van der Waals surface area contributed by atoms with Crippen molar-refractivity contribution in [2.45, 2.75) is 31.3 Å². The lowest BCUT2D eigenvalue weighted by atomic mass is 10.1. The molecule has 0 fully saturated rings. The van der Waals surface area contributed by atoms with Crippen LogP contribution in [0.2, 0.25) is 0 Å². The average molecular weight is 393 g/mol. The van der Waals surface area contributed by atoms with Gasteiger partial charge in [0.1, 0.15) is 5.75 Å². The molecule has 1 atom stereocenters. The van der Waals surface area contributed by atoms with Crippen LogP contribution in [0.3, 0.4) is 0 Å². The molecule has 6 nitrogen and oxygen atoms in total. The number of para-hydroxylation sites is 1. The largest absolute Gasteiger partial charge is 0.496 e. The summed E-state index contributed by atoms with van der Waals surface area (Å²) < 4.78 is 35.8. The van der Waals surface area contributed by atoms with Crippen molar-refractivity contribution in [3.63, 3.8) is 0 Å². The first-order chi connectivity index (χ1) is 12.4. The molecule has 138 valence electrons. The monoisotopic (exact) mass is 392 g/mol.